The maximum atomic E-state index is 12.2. The lowest BCUT2D eigenvalue weighted by atomic mass is 10.2. The minimum absolute atomic E-state index is 0.0583. The fourth-order valence-corrected chi connectivity index (χ4v) is 4.96. The maximum absolute atomic E-state index is 12.2. The lowest BCUT2D eigenvalue weighted by molar-refractivity contribution is -0.128. The summed E-state index contributed by atoms with van der Waals surface area (Å²) in [6.45, 7) is 0. The van der Waals surface area contributed by atoms with Gasteiger partial charge in [-0.15, -0.1) is 0 Å². The molecule has 0 radical (unpaired) electrons. The minimum Gasteiger partial charge on any atom is -0.431 e. The first-order chi connectivity index (χ1) is 10.4. The van der Waals surface area contributed by atoms with Gasteiger partial charge in [-0.3, -0.25) is 4.79 Å². The Kier molecular flexibility index (Phi) is 4.14. The van der Waals surface area contributed by atoms with Gasteiger partial charge in [0, 0.05) is 13.1 Å². The van der Waals surface area contributed by atoms with Crippen molar-refractivity contribution in [1.82, 2.24) is 9.88 Å². The van der Waals surface area contributed by atoms with Crippen molar-refractivity contribution in [2.45, 2.75) is 17.7 Å². The van der Waals surface area contributed by atoms with Gasteiger partial charge >= 0.3 is 0 Å². The Morgan fingerprint density at radius 2 is 2.23 bits per heavy atom. The highest BCUT2D eigenvalue weighted by atomic mass is 32.2. The number of oxazole rings is 1. The number of hydrogen-bond donors (Lipinski definition) is 0. The molecule has 6 nitrogen and oxygen atoms in total. The molecule has 22 heavy (non-hydrogen) atoms. The molecule has 0 spiro atoms. The van der Waals surface area contributed by atoms with Crippen LogP contribution in [0.2, 0.25) is 0 Å². The lowest BCUT2D eigenvalue weighted by Crippen LogP contribution is -2.38. The number of benzene rings is 1. The molecule has 0 aliphatic carbocycles. The number of fused-ring (bicyclic) bond motifs is 1. The monoisotopic (exact) mass is 340 g/mol. The van der Waals surface area contributed by atoms with Gasteiger partial charge in [-0.1, -0.05) is 23.9 Å². The fourth-order valence-electron chi connectivity index (χ4n) is 2.42. The number of rotatable bonds is 4. The second kappa shape index (κ2) is 5.92. The van der Waals surface area contributed by atoms with E-state index in [0.29, 0.717) is 17.2 Å². The summed E-state index contributed by atoms with van der Waals surface area (Å²) in [6, 6.07) is 7.19. The van der Waals surface area contributed by atoms with Crippen LogP contribution in [0.4, 0.5) is 0 Å². The summed E-state index contributed by atoms with van der Waals surface area (Å²) in [7, 11) is -1.34. The average molecular weight is 340 g/mol. The summed E-state index contributed by atoms with van der Waals surface area (Å²) in [4.78, 5) is 18.0. The second-order valence-corrected chi connectivity index (χ2v) is 8.45. The number of carbonyl (C=O) groups is 1. The third-order valence-electron chi connectivity index (χ3n) is 3.74. The van der Waals surface area contributed by atoms with Crippen LogP contribution in [0, 0.1) is 0 Å². The SMILES string of the molecule is CN(C(=O)CSc1nc2ccccc2o1)C1CCS(=O)(=O)C1. The van der Waals surface area contributed by atoms with Gasteiger partial charge in [0.1, 0.15) is 5.52 Å². The molecule has 2 aromatic rings. The Labute approximate surface area is 132 Å². The van der Waals surface area contributed by atoms with E-state index in [1.165, 1.54) is 16.7 Å². The normalized spacial score (nSPS) is 20.3. The third kappa shape index (κ3) is 3.27. The smallest absolute Gasteiger partial charge is 0.257 e. The highest BCUT2D eigenvalue weighted by molar-refractivity contribution is 7.99. The van der Waals surface area contributed by atoms with Gasteiger partial charge in [-0.25, -0.2) is 13.4 Å². The first kappa shape index (κ1) is 15.4. The molecule has 0 bridgehead atoms. The van der Waals surface area contributed by atoms with E-state index in [1.807, 2.05) is 24.3 Å². The van der Waals surface area contributed by atoms with Crippen molar-refractivity contribution in [1.29, 1.82) is 0 Å². The topological polar surface area (TPSA) is 80.5 Å². The molecule has 1 saturated heterocycles. The van der Waals surface area contributed by atoms with Crippen molar-refractivity contribution >= 4 is 38.6 Å². The van der Waals surface area contributed by atoms with E-state index in [1.54, 1.807) is 7.05 Å². The molecule has 1 aromatic carbocycles. The summed E-state index contributed by atoms with van der Waals surface area (Å²) in [5.74, 6) is 0.283. The molecule has 1 fully saturated rings. The van der Waals surface area contributed by atoms with Gasteiger partial charge in [0.05, 0.1) is 17.3 Å². The van der Waals surface area contributed by atoms with Gasteiger partial charge in [0.2, 0.25) is 5.91 Å². The van der Waals surface area contributed by atoms with Crippen LogP contribution < -0.4 is 0 Å². The zero-order chi connectivity index (χ0) is 15.7. The van der Waals surface area contributed by atoms with Gasteiger partial charge in [0.25, 0.3) is 5.22 Å². The van der Waals surface area contributed by atoms with Crippen molar-refractivity contribution in [3.63, 3.8) is 0 Å². The molecule has 1 atom stereocenters. The number of sulfone groups is 1. The Balaban J connectivity index is 1.60. The lowest BCUT2D eigenvalue weighted by Gasteiger charge is -2.22. The molecule has 1 aliphatic rings. The third-order valence-corrected chi connectivity index (χ3v) is 6.31. The second-order valence-electron chi connectivity index (χ2n) is 5.30. The Hall–Kier alpha value is -1.54. The highest BCUT2D eigenvalue weighted by Gasteiger charge is 2.32. The first-order valence-corrected chi connectivity index (χ1v) is 9.70. The van der Waals surface area contributed by atoms with E-state index < -0.39 is 9.84 Å². The Morgan fingerprint density at radius 3 is 2.91 bits per heavy atom. The molecule has 1 aliphatic heterocycles. The van der Waals surface area contributed by atoms with E-state index in [4.69, 9.17) is 4.42 Å². The van der Waals surface area contributed by atoms with Crippen molar-refractivity contribution in [2.24, 2.45) is 0 Å². The predicted molar refractivity (Wildman–Crippen MR) is 84.6 cm³/mol. The summed E-state index contributed by atoms with van der Waals surface area (Å²) in [6.07, 6.45) is 0.512. The van der Waals surface area contributed by atoms with Crippen LogP contribution in [0.1, 0.15) is 6.42 Å². The number of para-hydroxylation sites is 2. The van der Waals surface area contributed by atoms with Crippen LogP contribution in [0.3, 0.4) is 0 Å². The van der Waals surface area contributed by atoms with Crippen molar-refractivity contribution in [3.05, 3.63) is 24.3 Å². The van der Waals surface area contributed by atoms with Crippen molar-refractivity contribution in [2.75, 3.05) is 24.3 Å². The van der Waals surface area contributed by atoms with Gasteiger partial charge < -0.3 is 9.32 Å². The van der Waals surface area contributed by atoms with Gasteiger partial charge in [0.15, 0.2) is 15.4 Å². The average Bonchev–Trinajstić information content (AvgIpc) is 3.06. The quantitative estimate of drug-likeness (QED) is 0.786. The fraction of sp³-hybridized carbons (Fsp3) is 0.429. The number of hydrogen-bond acceptors (Lipinski definition) is 6. The number of amides is 1. The van der Waals surface area contributed by atoms with E-state index in [0.717, 1.165) is 5.52 Å². The molecule has 1 aromatic heterocycles. The number of thioether (sulfide) groups is 1. The predicted octanol–water partition coefficient (Wildman–Crippen LogP) is 1.57. The number of aromatic nitrogens is 1. The maximum Gasteiger partial charge on any atom is 0.257 e. The molecule has 118 valence electrons. The molecule has 0 saturated carbocycles. The van der Waals surface area contributed by atoms with Crippen molar-refractivity contribution in [3.8, 4) is 0 Å². The van der Waals surface area contributed by atoms with E-state index in [-0.39, 0.29) is 29.2 Å². The highest BCUT2D eigenvalue weighted by Crippen LogP contribution is 2.24. The van der Waals surface area contributed by atoms with Crippen molar-refractivity contribution < 1.29 is 17.6 Å². The summed E-state index contributed by atoms with van der Waals surface area (Å²) in [5.41, 5.74) is 1.44. The zero-order valence-electron chi connectivity index (χ0n) is 12.1. The van der Waals surface area contributed by atoms with Crippen LogP contribution in [-0.2, 0) is 14.6 Å². The van der Waals surface area contributed by atoms with Crippen LogP contribution in [0.25, 0.3) is 11.1 Å². The minimum atomic E-state index is -2.99. The van der Waals surface area contributed by atoms with Gasteiger partial charge in [-0.05, 0) is 18.6 Å². The molecule has 1 unspecified atom stereocenters. The zero-order valence-corrected chi connectivity index (χ0v) is 13.7. The molecular formula is C14H16N2O4S2. The molecule has 2 heterocycles. The summed E-state index contributed by atoms with van der Waals surface area (Å²) < 4.78 is 28.5. The van der Waals surface area contributed by atoms with Gasteiger partial charge in [-0.2, -0.15) is 0 Å². The summed E-state index contributed by atoms with van der Waals surface area (Å²) >= 11 is 1.22. The van der Waals surface area contributed by atoms with Crippen LogP contribution in [0.15, 0.2) is 33.9 Å². The largest absolute Gasteiger partial charge is 0.431 e. The Bertz CT molecular complexity index is 767. The number of nitrogens with zero attached hydrogens (tertiary/aromatic N) is 2. The van der Waals surface area contributed by atoms with Crippen LogP contribution in [0.5, 0.6) is 0 Å². The standard InChI is InChI=1S/C14H16N2O4S2/c1-16(10-6-7-22(18,19)9-10)13(17)8-21-14-15-11-4-2-3-5-12(11)20-14/h2-5,10H,6-9H2,1H3. The van der Waals surface area contributed by atoms with Crippen LogP contribution >= 0.6 is 11.8 Å². The van der Waals surface area contributed by atoms with E-state index in [2.05, 4.69) is 4.98 Å². The summed E-state index contributed by atoms with van der Waals surface area (Å²) in [5, 5.41) is 0.446. The van der Waals surface area contributed by atoms with Crippen LogP contribution in [-0.4, -0.2) is 54.6 Å². The molecule has 3 rings (SSSR count). The first-order valence-electron chi connectivity index (χ1n) is 6.89. The van der Waals surface area contributed by atoms with E-state index >= 15 is 0 Å². The molecule has 8 heteroatoms. The molecule has 0 N–H and O–H groups in total. The number of carbonyl (C=O) groups excluding carboxylic acids is 1. The molecule has 1 amide bonds. The molecular weight excluding hydrogens is 324 g/mol. The van der Waals surface area contributed by atoms with E-state index in [9.17, 15) is 13.2 Å². The Morgan fingerprint density at radius 1 is 1.45 bits per heavy atom.